The number of aromatic nitrogens is 6. The Balaban J connectivity index is 1.81. The number of hydrogen-bond donors (Lipinski definition) is 1. The summed E-state index contributed by atoms with van der Waals surface area (Å²) in [5.41, 5.74) is 2.18. The predicted octanol–water partition coefficient (Wildman–Crippen LogP) is 3.80. The molecule has 4 aromatic rings. The highest BCUT2D eigenvalue weighted by molar-refractivity contribution is 5.91. The summed E-state index contributed by atoms with van der Waals surface area (Å²) < 4.78 is 27.3. The van der Waals surface area contributed by atoms with Crippen molar-refractivity contribution in [2.45, 2.75) is 26.7 Å². The Kier molecular flexibility index (Phi) is 3.67. The van der Waals surface area contributed by atoms with Crippen molar-refractivity contribution < 1.29 is 8.78 Å². The fourth-order valence-electron chi connectivity index (χ4n) is 2.80. The number of H-pyrrole nitrogens is 1. The third-order valence-electron chi connectivity index (χ3n) is 3.96. The van der Waals surface area contributed by atoms with Crippen molar-refractivity contribution in [3.05, 3.63) is 42.2 Å². The summed E-state index contributed by atoms with van der Waals surface area (Å²) in [5, 5.41) is 5.12. The highest BCUT2D eigenvalue weighted by atomic mass is 19.3. The molecule has 4 rings (SSSR count). The zero-order valence-electron chi connectivity index (χ0n) is 13.7. The largest absolute Gasteiger partial charge is 0.345 e. The van der Waals surface area contributed by atoms with E-state index in [9.17, 15) is 8.78 Å². The summed E-state index contributed by atoms with van der Waals surface area (Å²) in [6, 6.07) is 3.42. The van der Waals surface area contributed by atoms with E-state index in [-0.39, 0.29) is 5.69 Å². The van der Waals surface area contributed by atoms with Gasteiger partial charge in [-0.25, -0.2) is 28.2 Å². The van der Waals surface area contributed by atoms with Crippen molar-refractivity contribution in [2.75, 3.05) is 0 Å². The summed E-state index contributed by atoms with van der Waals surface area (Å²) in [6.07, 6.45) is 2.82. The van der Waals surface area contributed by atoms with Crippen molar-refractivity contribution in [1.82, 2.24) is 29.5 Å². The number of fused-ring (bicyclic) bond motifs is 2. The van der Waals surface area contributed by atoms with Gasteiger partial charge in [0.2, 0.25) is 0 Å². The van der Waals surface area contributed by atoms with Crippen LogP contribution < -0.4 is 0 Å². The SMILES string of the molecule is CC(C)Cc1ncc2c(-c3ccc4ncc(C(F)F)n4n3)c[nH]c2n1. The molecule has 0 aliphatic heterocycles. The third-order valence-corrected chi connectivity index (χ3v) is 3.96. The molecule has 6 nitrogen and oxygen atoms in total. The zero-order valence-corrected chi connectivity index (χ0v) is 13.7. The van der Waals surface area contributed by atoms with Gasteiger partial charge in [0.25, 0.3) is 6.43 Å². The Labute approximate surface area is 142 Å². The number of alkyl halides is 2. The van der Waals surface area contributed by atoms with Gasteiger partial charge < -0.3 is 4.98 Å². The Morgan fingerprint density at radius 1 is 1.16 bits per heavy atom. The van der Waals surface area contributed by atoms with Crippen LogP contribution in [0.15, 0.2) is 30.7 Å². The second-order valence-corrected chi connectivity index (χ2v) is 6.32. The van der Waals surface area contributed by atoms with Gasteiger partial charge in [-0.1, -0.05) is 13.8 Å². The van der Waals surface area contributed by atoms with Crippen LogP contribution in [0.1, 0.15) is 31.8 Å². The van der Waals surface area contributed by atoms with Crippen LogP contribution in [-0.4, -0.2) is 29.5 Å². The molecule has 0 fully saturated rings. The molecule has 0 unspecified atom stereocenters. The lowest BCUT2D eigenvalue weighted by Crippen LogP contribution is -2.01. The predicted molar refractivity (Wildman–Crippen MR) is 89.4 cm³/mol. The quantitative estimate of drug-likeness (QED) is 0.612. The maximum absolute atomic E-state index is 13.1. The van der Waals surface area contributed by atoms with Crippen LogP contribution in [0.4, 0.5) is 8.78 Å². The van der Waals surface area contributed by atoms with E-state index in [2.05, 4.69) is 38.9 Å². The van der Waals surface area contributed by atoms with E-state index in [0.29, 0.717) is 22.9 Å². The van der Waals surface area contributed by atoms with Crippen LogP contribution >= 0.6 is 0 Å². The fraction of sp³-hybridized carbons (Fsp3) is 0.294. The first-order valence-electron chi connectivity index (χ1n) is 7.99. The Morgan fingerprint density at radius 2 is 2.00 bits per heavy atom. The van der Waals surface area contributed by atoms with Gasteiger partial charge in [0.15, 0.2) is 5.65 Å². The van der Waals surface area contributed by atoms with Gasteiger partial charge in [-0.3, -0.25) is 0 Å². The average molecular weight is 342 g/mol. The molecule has 0 radical (unpaired) electrons. The Morgan fingerprint density at radius 3 is 2.76 bits per heavy atom. The molecule has 8 heteroatoms. The number of imidazole rings is 1. The van der Waals surface area contributed by atoms with Crippen LogP contribution in [0.2, 0.25) is 0 Å². The fourth-order valence-corrected chi connectivity index (χ4v) is 2.80. The number of nitrogens with zero attached hydrogens (tertiary/aromatic N) is 5. The summed E-state index contributed by atoms with van der Waals surface area (Å²) in [5.74, 6) is 1.24. The van der Waals surface area contributed by atoms with Gasteiger partial charge in [-0.15, -0.1) is 0 Å². The lowest BCUT2D eigenvalue weighted by molar-refractivity contribution is 0.143. The maximum Gasteiger partial charge on any atom is 0.282 e. The van der Waals surface area contributed by atoms with Crippen molar-refractivity contribution in [2.24, 2.45) is 5.92 Å². The first kappa shape index (κ1) is 15.6. The summed E-state index contributed by atoms with van der Waals surface area (Å²) >= 11 is 0. The number of halogens is 2. The molecular weight excluding hydrogens is 326 g/mol. The molecule has 0 aliphatic rings. The molecule has 0 bridgehead atoms. The lowest BCUT2D eigenvalue weighted by atomic mass is 10.1. The average Bonchev–Trinajstić information content (AvgIpc) is 3.16. The van der Waals surface area contributed by atoms with Crippen LogP contribution in [-0.2, 0) is 6.42 Å². The van der Waals surface area contributed by atoms with E-state index >= 15 is 0 Å². The Hall–Kier alpha value is -2.90. The van der Waals surface area contributed by atoms with Crippen LogP contribution in [0.25, 0.3) is 27.9 Å². The maximum atomic E-state index is 13.1. The van der Waals surface area contributed by atoms with Crippen LogP contribution in [0.5, 0.6) is 0 Å². The first-order chi connectivity index (χ1) is 12.0. The monoisotopic (exact) mass is 342 g/mol. The van der Waals surface area contributed by atoms with Gasteiger partial charge in [0.1, 0.15) is 17.2 Å². The highest BCUT2D eigenvalue weighted by Crippen LogP contribution is 2.27. The molecule has 4 aromatic heterocycles. The van der Waals surface area contributed by atoms with Gasteiger partial charge in [-0.05, 0) is 18.1 Å². The molecule has 0 spiro atoms. The van der Waals surface area contributed by atoms with Crippen molar-refractivity contribution in [3.8, 4) is 11.3 Å². The molecule has 0 aliphatic carbocycles. The van der Waals surface area contributed by atoms with Crippen LogP contribution in [0, 0.1) is 5.92 Å². The standard InChI is InChI=1S/C17H16F2N6/c1-9(2)5-14-20-7-11-10(6-22-17(11)23-14)12-3-4-15-21-8-13(16(18)19)25(15)24-12/h3-4,6-9,16H,5H2,1-2H3,(H,20,22,23). The topological polar surface area (TPSA) is 71.8 Å². The zero-order chi connectivity index (χ0) is 17.6. The Bertz CT molecular complexity index is 1050. The number of nitrogens with one attached hydrogen (secondary N) is 1. The van der Waals surface area contributed by atoms with E-state index in [4.69, 9.17) is 0 Å². The normalized spacial score (nSPS) is 12.1. The second kappa shape index (κ2) is 5.87. The molecule has 0 saturated heterocycles. The summed E-state index contributed by atoms with van der Waals surface area (Å²) in [6.45, 7) is 4.22. The van der Waals surface area contributed by atoms with E-state index in [1.165, 1.54) is 4.52 Å². The van der Waals surface area contributed by atoms with E-state index in [1.54, 1.807) is 24.5 Å². The second-order valence-electron chi connectivity index (χ2n) is 6.32. The molecule has 1 N–H and O–H groups in total. The molecule has 4 heterocycles. The summed E-state index contributed by atoms with van der Waals surface area (Å²) in [7, 11) is 0. The van der Waals surface area contributed by atoms with Crippen LogP contribution in [0.3, 0.4) is 0 Å². The number of aromatic amines is 1. The van der Waals surface area contributed by atoms with Gasteiger partial charge >= 0.3 is 0 Å². The molecule has 0 atom stereocenters. The summed E-state index contributed by atoms with van der Waals surface area (Å²) in [4.78, 5) is 16.0. The highest BCUT2D eigenvalue weighted by Gasteiger charge is 2.16. The van der Waals surface area contributed by atoms with Crippen molar-refractivity contribution in [1.29, 1.82) is 0 Å². The number of rotatable bonds is 4. The van der Waals surface area contributed by atoms with E-state index < -0.39 is 6.43 Å². The minimum atomic E-state index is -2.64. The minimum Gasteiger partial charge on any atom is -0.345 e. The molecule has 0 saturated carbocycles. The first-order valence-corrected chi connectivity index (χ1v) is 7.99. The van der Waals surface area contributed by atoms with E-state index in [1.807, 2.05) is 0 Å². The smallest absolute Gasteiger partial charge is 0.282 e. The van der Waals surface area contributed by atoms with Gasteiger partial charge in [-0.2, -0.15) is 5.10 Å². The van der Waals surface area contributed by atoms with Gasteiger partial charge in [0.05, 0.1) is 11.9 Å². The molecule has 128 valence electrons. The van der Waals surface area contributed by atoms with E-state index in [0.717, 1.165) is 29.4 Å². The minimum absolute atomic E-state index is 0.229. The number of hydrogen-bond acceptors (Lipinski definition) is 4. The van der Waals surface area contributed by atoms with Crippen molar-refractivity contribution >= 4 is 16.7 Å². The molecule has 0 aromatic carbocycles. The van der Waals surface area contributed by atoms with Gasteiger partial charge in [0, 0.05) is 29.8 Å². The molecule has 25 heavy (non-hydrogen) atoms. The third kappa shape index (κ3) is 2.73. The lowest BCUT2D eigenvalue weighted by Gasteiger charge is -2.04. The van der Waals surface area contributed by atoms with Crippen molar-refractivity contribution in [3.63, 3.8) is 0 Å². The molecule has 0 amide bonds. The molecular formula is C17H16F2N6.